The van der Waals surface area contributed by atoms with Crippen molar-refractivity contribution in [2.24, 2.45) is 0 Å². The molecule has 0 saturated carbocycles. The quantitative estimate of drug-likeness (QED) is 0.482. The van der Waals surface area contributed by atoms with Gasteiger partial charge in [-0.15, -0.1) is 0 Å². The van der Waals surface area contributed by atoms with Gasteiger partial charge in [0.25, 0.3) is 0 Å². The van der Waals surface area contributed by atoms with Gasteiger partial charge >= 0.3 is 0 Å². The van der Waals surface area contributed by atoms with Crippen LogP contribution in [0.15, 0.2) is 36.4 Å². The van der Waals surface area contributed by atoms with Crippen molar-refractivity contribution < 1.29 is 0 Å². The predicted molar refractivity (Wildman–Crippen MR) is 119 cm³/mol. The lowest BCUT2D eigenvalue weighted by Gasteiger charge is -2.25. The minimum absolute atomic E-state index is 1.02. The van der Waals surface area contributed by atoms with Gasteiger partial charge in [-0.25, -0.2) is 0 Å². The highest BCUT2D eigenvalue weighted by atomic mass is 15.1. The third kappa shape index (κ3) is 3.85. The van der Waals surface area contributed by atoms with Crippen molar-refractivity contribution in [2.75, 3.05) is 18.0 Å². The summed E-state index contributed by atoms with van der Waals surface area (Å²) in [7, 11) is 0. The molecule has 0 aliphatic carbocycles. The summed E-state index contributed by atoms with van der Waals surface area (Å²) in [4.78, 5) is 7.49. The molecule has 142 valence electrons. The van der Waals surface area contributed by atoms with Gasteiger partial charge in [0.2, 0.25) is 0 Å². The number of rotatable bonds is 6. The summed E-state index contributed by atoms with van der Waals surface area (Å²) in [6.07, 6.45) is 2.43. The Bertz CT molecular complexity index is 933. The van der Waals surface area contributed by atoms with Crippen molar-refractivity contribution in [3.05, 3.63) is 58.8 Å². The van der Waals surface area contributed by atoms with Crippen LogP contribution in [0.2, 0.25) is 0 Å². The standard InChI is InChI=1S/C25H32N2/c1-7-9-13-27(8-2)23-16-20(6)26-25-21(23)11-10-12-22(25)24-18(4)14-17(3)15-19(24)5/h10-12,14-16H,7-9,13H2,1-6H3. The maximum Gasteiger partial charge on any atom is 0.0804 e. The van der Waals surface area contributed by atoms with Crippen molar-refractivity contribution in [1.82, 2.24) is 4.98 Å². The smallest absolute Gasteiger partial charge is 0.0804 e. The van der Waals surface area contributed by atoms with Crippen molar-refractivity contribution >= 4 is 16.6 Å². The van der Waals surface area contributed by atoms with Crippen LogP contribution in [-0.4, -0.2) is 18.1 Å². The molecule has 27 heavy (non-hydrogen) atoms. The molecule has 3 aromatic rings. The first-order valence-corrected chi connectivity index (χ1v) is 10.2. The van der Waals surface area contributed by atoms with Gasteiger partial charge in [-0.1, -0.05) is 49.2 Å². The monoisotopic (exact) mass is 360 g/mol. The van der Waals surface area contributed by atoms with Crippen molar-refractivity contribution in [2.45, 2.75) is 54.4 Å². The molecule has 2 aromatic carbocycles. The van der Waals surface area contributed by atoms with Crippen LogP contribution in [0.1, 0.15) is 49.1 Å². The number of nitrogens with zero attached hydrogens (tertiary/aromatic N) is 2. The Hall–Kier alpha value is -2.35. The molecular weight excluding hydrogens is 328 g/mol. The number of pyridine rings is 1. The molecular formula is C25H32N2. The second-order valence-corrected chi connectivity index (χ2v) is 7.69. The first kappa shape index (κ1) is 19.4. The summed E-state index contributed by atoms with van der Waals surface area (Å²) < 4.78 is 0. The third-order valence-corrected chi connectivity index (χ3v) is 5.40. The molecule has 0 aliphatic heterocycles. The molecule has 0 fully saturated rings. The van der Waals surface area contributed by atoms with Crippen LogP contribution in [0.25, 0.3) is 22.0 Å². The average molecular weight is 361 g/mol. The van der Waals surface area contributed by atoms with Gasteiger partial charge in [-0.05, 0) is 63.8 Å². The average Bonchev–Trinajstić information content (AvgIpc) is 2.61. The molecule has 0 N–H and O–H groups in total. The van der Waals surface area contributed by atoms with Crippen LogP contribution < -0.4 is 4.90 Å². The van der Waals surface area contributed by atoms with E-state index in [0.29, 0.717) is 0 Å². The van der Waals surface area contributed by atoms with E-state index < -0.39 is 0 Å². The Morgan fingerprint density at radius 1 is 0.926 bits per heavy atom. The van der Waals surface area contributed by atoms with E-state index in [2.05, 4.69) is 82.8 Å². The number of aryl methyl sites for hydroxylation is 4. The van der Waals surface area contributed by atoms with E-state index in [-0.39, 0.29) is 0 Å². The van der Waals surface area contributed by atoms with Crippen LogP contribution in [-0.2, 0) is 0 Å². The van der Waals surface area contributed by atoms with Crippen molar-refractivity contribution in [3.63, 3.8) is 0 Å². The fraction of sp³-hybridized carbons (Fsp3) is 0.400. The first-order chi connectivity index (χ1) is 13.0. The van der Waals surface area contributed by atoms with Gasteiger partial charge in [-0.3, -0.25) is 4.98 Å². The van der Waals surface area contributed by atoms with Crippen molar-refractivity contribution in [1.29, 1.82) is 0 Å². The van der Waals surface area contributed by atoms with Crippen molar-refractivity contribution in [3.8, 4) is 11.1 Å². The van der Waals surface area contributed by atoms with Crippen LogP contribution in [0, 0.1) is 27.7 Å². The number of hydrogen-bond donors (Lipinski definition) is 0. The number of unbranched alkanes of at least 4 members (excludes halogenated alkanes) is 1. The van der Waals surface area contributed by atoms with Gasteiger partial charge in [0, 0.05) is 35.4 Å². The minimum Gasteiger partial charge on any atom is -0.371 e. The molecule has 2 heteroatoms. The number of hydrogen-bond acceptors (Lipinski definition) is 2. The number of aromatic nitrogens is 1. The van der Waals surface area contributed by atoms with E-state index in [9.17, 15) is 0 Å². The highest BCUT2D eigenvalue weighted by Crippen LogP contribution is 2.36. The Morgan fingerprint density at radius 2 is 1.63 bits per heavy atom. The van der Waals surface area contributed by atoms with E-state index in [1.165, 1.54) is 51.7 Å². The highest BCUT2D eigenvalue weighted by molar-refractivity contribution is 6.01. The largest absolute Gasteiger partial charge is 0.371 e. The number of anilines is 1. The molecule has 0 spiro atoms. The Morgan fingerprint density at radius 3 is 2.26 bits per heavy atom. The minimum atomic E-state index is 1.02. The highest BCUT2D eigenvalue weighted by Gasteiger charge is 2.16. The molecule has 0 unspecified atom stereocenters. The second-order valence-electron chi connectivity index (χ2n) is 7.69. The van der Waals surface area contributed by atoms with Gasteiger partial charge in [-0.2, -0.15) is 0 Å². The van der Waals surface area contributed by atoms with Gasteiger partial charge in [0.05, 0.1) is 5.52 Å². The number of para-hydroxylation sites is 1. The second kappa shape index (κ2) is 8.12. The molecule has 0 saturated heterocycles. The SMILES string of the molecule is CCCCN(CC)c1cc(C)nc2c(-c3c(C)cc(C)cc3C)cccc12. The predicted octanol–water partition coefficient (Wildman–Crippen LogP) is 6.76. The van der Waals surface area contributed by atoms with E-state index in [1.807, 2.05) is 0 Å². The zero-order valence-corrected chi connectivity index (χ0v) is 17.7. The summed E-state index contributed by atoms with van der Waals surface area (Å²) in [5.74, 6) is 0. The fourth-order valence-electron chi connectivity index (χ4n) is 4.22. The number of fused-ring (bicyclic) bond motifs is 1. The topological polar surface area (TPSA) is 16.1 Å². The summed E-state index contributed by atoms with van der Waals surface area (Å²) in [5, 5.41) is 1.26. The summed E-state index contributed by atoms with van der Waals surface area (Å²) >= 11 is 0. The molecule has 0 radical (unpaired) electrons. The van der Waals surface area contributed by atoms with E-state index in [1.54, 1.807) is 0 Å². The molecule has 2 nitrogen and oxygen atoms in total. The molecule has 1 heterocycles. The van der Waals surface area contributed by atoms with Crippen LogP contribution >= 0.6 is 0 Å². The molecule has 3 rings (SSSR count). The lowest BCUT2D eigenvalue weighted by Crippen LogP contribution is -2.24. The molecule has 0 bridgehead atoms. The van der Waals surface area contributed by atoms with Crippen LogP contribution in [0.5, 0.6) is 0 Å². The maximum atomic E-state index is 4.99. The Balaban J connectivity index is 2.26. The van der Waals surface area contributed by atoms with Gasteiger partial charge in [0.1, 0.15) is 0 Å². The van der Waals surface area contributed by atoms with Gasteiger partial charge < -0.3 is 4.90 Å². The zero-order valence-electron chi connectivity index (χ0n) is 17.7. The fourth-order valence-corrected chi connectivity index (χ4v) is 4.22. The summed E-state index contributed by atoms with van der Waals surface area (Å²) in [6.45, 7) is 15.3. The lowest BCUT2D eigenvalue weighted by molar-refractivity contribution is 0.733. The lowest BCUT2D eigenvalue weighted by atomic mass is 9.92. The number of benzene rings is 2. The summed E-state index contributed by atoms with van der Waals surface area (Å²) in [6, 6.07) is 13.4. The van der Waals surface area contributed by atoms with Crippen LogP contribution in [0.3, 0.4) is 0 Å². The third-order valence-electron chi connectivity index (χ3n) is 5.40. The molecule has 0 amide bonds. The Kier molecular flexibility index (Phi) is 5.84. The first-order valence-electron chi connectivity index (χ1n) is 10.2. The molecule has 0 aliphatic rings. The van der Waals surface area contributed by atoms with E-state index >= 15 is 0 Å². The Labute approximate surface area is 164 Å². The van der Waals surface area contributed by atoms with E-state index in [4.69, 9.17) is 4.98 Å². The van der Waals surface area contributed by atoms with Gasteiger partial charge in [0.15, 0.2) is 0 Å². The van der Waals surface area contributed by atoms with E-state index in [0.717, 1.165) is 24.3 Å². The normalized spacial score (nSPS) is 11.2. The van der Waals surface area contributed by atoms with Crippen LogP contribution in [0.4, 0.5) is 5.69 Å². The molecule has 1 aromatic heterocycles. The molecule has 0 atom stereocenters. The maximum absolute atomic E-state index is 4.99. The zero-order chi connectivity index (χ0) is 19.6. The summed E-state index contributed by atoms with van der Waals surface area (Å²) in [5.41, 5.74) is 10.1.